The summed E-state index contributed by atoms with van der Waals surface area (Å²) in [6.07, 6.45) is 0.314. The number of rotatable bonds is 3. The van der Waals surface area contributed by atoms with Crippen LogP contribution in [-0.2, 0) is 6.42 Å². The van der Waals surface area contributed by atoms with Crippen LogP contribution in [0.1, 0.15) is 16.8 Å². The van der Waals surface area contributed by atoms with Gasteiger partial charge in [0.05, 0.1) is 0 Å². The maximum Gasteiger partial charge on any atom is 0.254 e. The molecule has 0 atom stereocenters. The summed E-state index contributed by atoms with van der Waals surface area (Å²) in [7, 11) is 0. The molecule has 0 aliphatic heterocycles. The molecular formula is C14H15ClN2O2. The summed E-state index contributed by atoms with van der Waals surface area (Å²) < 4.78 is 0. The minimum Gasteiger partial charge on any atom is -0.396 e. The number of H-pyrrole nitrogens is 1. The van der Waals surface area contributed by atoms with Gasteiger partial charge in [0, 0.05) is 34.9 Å². The van der Waals surface area contributed by atoms with E-state index in [4.69, 9.17) is 16.7 Å². The second-order valence-corrected chi connectivity index (χ2v) is 4.85. The second-order valence-electron chi connectivity index (χ2n) is 4.41. The van der Waals surface area contributed by atoms with E-state index in [2.05, 4.69) is 9.97 Å². The molecule has 0 bridgehead atoms. The van der Waals surface area contributed by atoms with Crippen molar-refractivity contribution in [2.45, 2.75) is 20.3 Å². The molecule has 0 spiro atoms. The highest BCUT2D eigenvalue weighted by Crippen LogP contribution is 2.22. The predicted octanol–water partition coefficient (Wildman–Crippen LogP) is 2.24. The standard InChI is InChI=1S/C14H15ClN2O2/c1-8-7-10(15)3-4-11(8)13-16-9(2)12(5-6-18)14(19)17-13/h3-4,7,18H,5-6H2,1-2H3,(H,16,17,19). The van der Waals surface area contributed by atoms with Crippen molar-refractivity contribution >= 4 is 11.6 Å². The van der Waals surface area contributed by atoms with E-state index in [1.54, 1.807) is 13.0 Å². The van der Waals surface area contributed by atoms with E-state index in [0.29, 0.717) is 28.5 Å². The monoisotopic (exact) mass is 278 g/mol. The van der Waals surface area contributed by atoms with Crippen molar-refractivity contribution in [1.82, 2.24) is 9.97 Å². The highest BCUT2D eigenvalue weighted by molar-refractivity contribution is 6.30. The lowest BCUT2D eigenvalue weighted by atomic mass is 10.1. The number of nitrogens with one attached hydrogen (secondary N) is 1. The number of aromatic amines is 1. The van der Waals surface area contributed by atoms with Gasteiger partial charge in [-0.1, -0.05) is 11.6 Å². The Hall–Kier alpha value is -1.65. The molecule has 0 aliphatic rings. The number of aliphatic hydroxyl groups excluding tert-OH is 1. The van der Waals surface area contributed by atoms with Crippen molar-refractivity contribution < 1.29 is 5.11 Å². The molecule has 4 nitrogen and oxygen atoms in total. The molecule has 5 heteroatoms. The minimum atomic E-state index is -0.203. The number of aromatic nitrogens is 2. The van der Waals surface area contributed by atoms with E-state index in [0.717, 1.165) is 11.1 Å². The van der Waals surface area contributed by atoms with Gasteiger partial charge in [-0.2, -0.15) is 0 Å². The van der Waals surface area contributed by atoms with Gasteiger partial charge in [0.15, 0.2) is 0 Å². The van der Waals surface area contributed by atoms with Crippen LogP contribution in [0.3, 0.4) is 0 Å². The van der Waals surface area contributed by atoms with Crippen LogP contribution in [0, 0.1) is 13.8 Å². The van der Waals surface area contributed by atoms with Crippen molar-refractivity contribution in [3.63, 3.8) is 0 Å². The van der Waals surface area contributed by atoms with Gasteiger partial charge >= 0.3 is 0 Å². The largest absolute Gasteiger partial charge is 0.396 e. The van der Waals surface area contributed by atoms with E-state index in [9.17, 15) is 4.79 Å². The quantitative estimate of drug-likeness (QED) is 0.905. The van der Waals surface area contributed by atoms with E-state index < -0.39 is 0 Å². The molecule has 0 aliphatic carbocycles. The summed E-state index contributed by atoms with van der Waals surface area (Å²) in [6, 6.07) is 5.43. The van der Waals surface area contributed by atoms with E-state index in [1.165, 1.54) is 0 Å². The Bertz CT molecular complexity index is 665. The summed E-state index contributed by atoms with van der Waals surface area (Å²) in [4.78, 5) is 19.1. The first-order valence-corrected chi connectivity index (χ1v) is 6.38. The number of aliphatic hydroxyl groups is 1. The van der Waals surface area contributed by atoms with E-state index >= 15 is 0 Å². The van der Waals surface area contributed by atoms with Gasteiger partial charge in [-0.15, -0.1) is 0 Å². The Balaban J connectivity index is 2.55. The van der Waals surface area contributed by atoms with Gasteiger partial charge in [0.1, 0.15) is 5.82 Å². The number of benzene rings is 1. The Kier molecular flexibility index (Phi) is 4.02. The van der Waals surface area contributed by atoms with Crippen molar-refractivity contribution in [1.29, 1.82) is 0 Å². The van der Waals surface area contributed by atoms with Crippen molar-refractivity contribution in [2.24, 2.45) is 0 Å². The number of halogens is 1. The molecule has 2 rings (SSSR count). The first kappa shape index (κ1) is 13.8. The maximum absolute atomic E-state index is 12.0. The van der Waals surface area contributed by atoms with Gasteiger partial charge in [0.2, 0.25) is 0 Å². The topological polar surface area (TPSA) is 66.0 Å². The fourth-order valence-corrected chi connectivity index (χ4v) is 2.26. The third-order valence-corrected chi connectivity index (χ3v) is 3.26. The van der Waals surface area contributed by atoms with E-state index in [1.807, 2.05) is 19.1 Å². The molecule has 1 heterocycles. The first-order valence-electron chi connectivity index (χ1n) is 6.00. The highest BCUT2D eigenvalue weighted by Gasteiger charge is 2.10. The van der Waals surface area contributed by atoms with Crippen LogP contribution < -0.4 is 5.56 Å². The molecule has 2 aromatic rings. The van der Waals surface area contributed by atoms with Gasteiger partial charge in [0.25, 0.3) is 5.56 Å². The zero-order chi connectivity index (χ0) is 14.0. The van der Waals surface area contributed by atoms with Crippen LogP contribution in [0.25, 0.3) is 11.4 Å². The molecule has 100 valence electrons. The van der Waals surface area contributed by atoms with Gasteiger partial charge in [-0.05, 0) is 37.6 Å². The van der Waals surface area contributed by atoms with Crippen LogP contribution in [-0.4, -0.2) is 21.7 Å². The molecule has 2 N–H and O–H groups in total. The van der Waals surface area contributed by atoms with Crippen LogP contribution in [0.15, 0.2) is 23.0 Å². The molecule has 0 saturated carbocycles. The molecule has 0 fully saturated rings. The van der Waals surface area contributed by atoms with E-state index in [-0.39, 0.29) is 12.2 Å². The Morgan fingerprint density at radius 2 is 2.11 bits per heavy atom. The predicted molar refractivity (Wildman–Crippen MR) is 75.6 cm³/mol. The molecule has 1 aromatic carbocycles. The fourth-order valence-electron chi connectivity index (χ4n) is 2.04. The van der Waals surface area contributed by atoms with Crippen molar-refractivity contribution in [2.75, 3.05) is 6.61 Å². The van der Waals surface area contributed by atoms with Crippen LogP contribution in [0.2, 0.25) is 5.02 Å². The zero-order valence-corrected chi connectivity index (χ0v) is 11.6. The normalized spacial score (nSPS) is 10.7. The Morgan fingerprint density at radius 3 is 2.68 bits per heavy atom. The molecule has 1 aromatic heterocycles. The summed E-state index contributed by atoms with van der Waals surface area (Å²) in [6.45, 7) is 3.62. The highest BCUT2D eigenvalue weighted by atomic mass is 35.5. The third kappa shape index (κ3) is 2.85. The van der Waals surface area contributed by atoms with Gasteiger partial charge in [-0.3, -0.25) is 4.79 Å². The number of aryl methyl sites for hydroxylation is 2. The smallest absolute Gasteiger partial charge is 0.254 e. The third-order valence-electron chi connectivity index (χ3n) is 3.03. The Labute approximate surface area is 116 Å². The van der Waals surface area contributed by atoms with Crippen LogP contribution in [0.5, 0.6) is 0 Å². The summed E-state index contributed by atoms with van der Waals surface area (Å²) in [5.41, 5.74) is 2.76. The van der Waals surface area contributed by atoms with Crippen molar-refractivity contribution in [3.05, 3.63) is 50.4 Å². The number of hydrogen-bond acceptors (Lipinski definition) is 3. The molecule has 19 heavy (non-hydrogen) atoms. The lowest BCUT2D eigenvalue weighted by Gasteiger charge is -2.09. The first-order chi connectivity index (χ1) is 9.02. The molecule has 0 unspecified atom stereocenters. The zero-order valence-electron chi connectivity index (χ0n) is 10.8. The summed E-state index contributed by atoms with van der Waals surface area (Å²) in [5, 5.41) is 9.58. The lowest BCUT2D eigenvalue weighted by molar-refractivity contribution is 0.298. The lowest BCUT2D eigenvalue weighted by Crippen LogP contribution is -2.18. The Morgan fingerprint density at radius 1 is 1.37 bits per heavy atom. The summed E-state index contributed by atoms with van der Waals surface area (Å²) >= 11 is 5.91. The van der Waals surface area contributed by atoms with Crippen molar-refractivity contribution in [3.8, 4) is 11.4 Å². The molecular weight excluding hydrogens is 264 g/mol. The molecule has 0 amide bonds. The second kappa shape index (κ2) is 5.55. The fraction of sp³-hybridized carbons (Fsp3) is 0.286. The molecule has 0 radical (unpaired) electrons. The van der Waals surface area contributed by atoms with Crippen LogP contribution in [0.4, 0.5) is 0 Å². The number of nitrogens with zero attached hydrogens (tertiary/aromatic N) is 1. The SMILES string of the molecule is Cc1cc(Cl)ccc1-c1nc(C)c(CCO)c(=O)[nH]1. The van der Waals surface area contributed by atoms with Crippen LogP contribution >= 0.6 is 11.6 Å². The van der Waals surface area contributed by atoms with Gasteiger partial charge in [-0.25, -0.2) is 4.98 Å². The number of hydrogen-bond donors (Lipinski definition) is 2. The van der Waals surface area contributed by atoms with Gasteiger partial charge < -0.3 is 10.1 Å². The molecule has 0 saturated heterocycles. The average Bonchev–Trinajstić information content (AvgIpc) is 2.33. The maximum atomic E-state index is 12.0. The summed E-state index contributed by atoms with van der Waals surface area (Å²) in [5.74, 6) is 0.526. The minimum absolute atomic E-state index is 0.0646. The average molecular weight is 279 g/mol.